The van der Waals surface area contributed by atoms with Gasteiger partial charge in [0.1, 0.15) is 6.61 Å². The second-order valence-electron chi connectivity index (χ2n) is 5.70. The second kappa shape index (κ2) is 8.31. The lowest BCUT2D eigenvalue weighted by atomic mass is 10.1. The summed E-state index contributed by atoms with van der Waals surface area (Å²) >= 11 is 3.52. The van der Waals surface area contributed by atoms with E-state index < -0.39 is 6.10 Å². The summed E-state index contributed by atoms with van der Waals surface area (Å²) in [5.74, 6) is 2.35. The third-order valence-electron chi connectivity index (χ3n) is 4.05. The molecule has 0 saturated carbocycles. The molecule has 138 valence electrons. The average Bonchev–Trinajstić information content (AvgIpc) is 2.68. The molecule has 0 aliphatic carbocycles. The molecule has 26 heavy (non-hydrogen) atoms. The number of fused-ring (bicyclic) bond motifs is 1. The minimum atomic E-state index is -0.654. The van der Waals surface area contributed by atoms with E-state index in [2.05, 4.69) is 21.2 Å². The largest absolute Gasteiger partial charge is 0.493 e. The number of hydrogen-bond acceptors (Lipinski definition) is 5. The molecule has 0 saturated heterocycles. The van der Waals surface area contributed by atoms with Crippen molar-refractivity contribution < 1.29 is 23.7 Å². The number of halogens is 1. The van der Waals surface area contributed by atoms with Crippen molar-refractivity contribution in [1.29, 1.82) is 0 Å². The van der Waals surface area contributed by atoms with E-state index in [1.54, 1.807) is 20.3 Å². The van der Waals surface area contributed by atoms with Gasteiger partial charge in [-0.2, -0.15) is 0 Å². The molecule has 2 aromatic carbocycles. The summed E-state index contributed by atoms with van der Waals surface area (Å²) in [6, 6.07) is 11.1. The fourth-order valence-corrected chi connectivity index (χ4v) is 3.19. The van der Waals surface area contributed by atoms with Crippen LogP contribution in [0.3, 0.4) is 0 Å². The van der Waals surface area contributed by atoms with Crippen LogP contribution in [0.5, 0.6) is 23.0 Å². The summed E-state index contributed by atoms with van der Waals surface area (Å²) in [4.78, 5) is 12.3. The molecule has 1 atom stereocenters. The Labute approximate surface area is 160 Å². The van der Waals surface area contributed by atoms with Gasteiger partial charge in [-0.15, -0.1) is 0 Å². The molecular formula is C19H20BrNO5. The maximum atomic E-state index is 12.3. The van der Waals surface area contributed by atoms with E-state index in [1.165, 1.54) is 0 Å². The quantitative estimate of drug-likeness (QED) is 0.776. The summed E-state index contributed by atoms with van der Waals surface area (Å²) in [5, 5.41) is 2.89. The van der Waals surface area contributed by atoms with Crippen LogP contribution in [-0.2, 0) is 11.2 Å². The van der Waals surface area contributed by atoms with Gasteiger partial charge in [0.05, 0.1) is 14.2 Å². The van der Waals surface area contributed by atoms with Gasteiger partial charge in [0.25, 0.3) is 5.91 Å². The summed E-state index contributed by atoms with van der Waals surface area (Å²) in [6.45, 7) is 0.664. The Morgan fingerprint density at radius 3 is 2.62 bits per heavy atom. The lowest BCUT2D eigenvalue weighted by Crippen LogP contribution is -2.44. The van der Waals surface area contributed by atoms with E-state index in [4.69, 9.17) is 18.9 Å². The molecule has 3 rings (SSSR count). The molecule has 0 aromatic heterocycles. The lowest BCUT2D eigenvalue weighted by Gasteiger charge is -2.25. The van der Waals surface area contributed by atoms with Crippen molar-refractivity contribution in [3.05, 3.63) is 46.4 Å². The van der Waals surface area contributed by atoms with Crippen LogP contribution in [0, 0.1) is 0 Å². The fourth-order valence-electron chi connectivity index (χ4n) is 2.67. The van der Waals surface area contributed by atoms with Crippen molar-refractivity contribution in [3.63, 3.8) is 0 Å². The van der Waals surface area contributed by atoms with Gasteiger partial charge in [-0.05, 0) is 36.2 Å². The van der Waals surface area contributed by atoms with Crippen molar-refractivity contribution in [2.24, 2.45) is 0 Å². The highest BCUT2D eigenvalue weighted by Gasteiger charge is 2.26. The number of methoxy groups -OCH3 is 2. The first-order valence-corrected chi connectivity index (χ1v) is 8.98. The first-order chi connectivity index (χ1) is 12.6. The topological polar surface area (TPSA) is 66.0 Å². The van der Waals surface area contributed by atoms with E-state index in [9.17, 15) is 4.79 Å². The normalized spacial score (nSPS) is 15.3. The molecule has 0 bridgehead atoms. The Hall–Kier alpha value is -2.41. The van der Waals surface area contributed by atoms with Crippen molar-refractivity contribution >= 4 is 21.8 Å². The number of rotatable bonds is 6. The Balaban J connectivity index is 1.56. The van der Waals surface area contributed by atoms with Crippen LogP contribution in [0.4, 0.5) is 0 Å². The van der Waals surface area contributed by atoms with Crippen LogP contribution in [0.1, 0.15) is 5.56 Å². The molecule has 1 heterocycles. The van der Waals surface area contributed by atoms with E-state index in [-0.39, 0.29) is 12.5 Å². The molecule has 1 aliphatic heterocycles. The van der Waals surface area contributed by atoms with Crippen LogP contribution >= 0.6 is 15.9 Å². The first kappa shape index (κ1) is 18.4. The van der Waals surface area contributed by atoms with Crippen LogP contribution < -0.4 is 24.3 Å². The van der Waals surface area contributed by atoms with Crippen molar-refractivity contribution in [1.82, 2.24) is 5.32 Å². The number of nitrogens with one attached hydrogen (secondary N) is 1. The van der Waals surface area contributed by atoms with E-state index in [1.807, 2.05) is 30.3 Å². The van der Waals surface area contributed by atoms with Crippen LogP contribution in [-0.4, -0.2) is 39.4 Å². The second-order valence-corrected chi connectivity index (χ2v) is 6.56. The zero-order valence-electron chi connectivity index (χ0n) is 14.6. The molecule has 0 unspecified atom stereocenters. The van der Waals surface area contributed by atoms with Gasteiger partial charge in [0, 0.05) is 11.0 Å². The molecule has 2 aromatic rings. The van der Waals surface area contributed by atoms with Gasteiger partial charge in [-0.25, -0.2) is 0 Å². The number of ether oxygens (including phenoxy) is 4. The highest BCUT2D eigenvalue weighted by Crippen LogP contribution is 2.33. The fraction of sp³-hybridized carbons (Fsp3) is 0.316. The van der Waals surface area contributed by atoms with Gasteiger partial charge in [-0.1, -0.05) is 28.1 Å². The molecule has 1 N–H and O–H groups in total. The Morgan fingerprint density at radius 1 is 1.19 bits per heavy atom. The standard InChI is InChI=1S/C19H20BrNO5/c1-23-16-9-12(13(20)10-17(16)24-2)7-8-21-19(22)18-11-25-14-5-3-4-6-15(14)26-18/h3-6,9-10,18H,7-8,11H2,1-2H3,(H,21,22)/t18-/m0/s1. The molecule has 1 aliphatic rings. The van der Waals surface area contributed by atoms with Gasteiger partial charge < -0.3 is 24.3 Å². The Kier molecular flexibility index (Phi) is 5.88. The Morgan fingerprint density at radius 2 is 1.88 bits per heavy atom. The van der Waals surface area contributed by atoms with E-state index in [0.717, 1.165) is 10.0 Å². The molecule has 6 nitrogen and oxygen atoms in total. The highest BCUT2D eigenvalue weighted by atomic mass is 79.9. The SMILES string of the molecule is COc1cc(Br)c(CCNC(=O)[C@@H]2COc3ccccc3O2)cc1OC. The third-order valence-corrected chi connectivity index (χ3v) is 4.79. The zero-order valence-corrected chi connectivity index (χ0v) is 16.2. The van der Waals surface area contributed by atoms with E-state index >= 15 is 0 Å². The van der Waals surface area contributed by atoms with Crippen LogP contribution in [0.15, 0.2) is 40.9 Å². The highest BCUT2D eigenvalue weighted by molar-refractivity contribution is 9.10. The van der Waals surface area contributed by atoms with Gasteiger partial charge in [0.15, 0.2) is 23.0 Å². The van der Waals surface area contributed by atoms with Crippen LogP contribution in [0.2, 0.25) is 0 Å². The summed E-state index contributed by atoms with van der Waals surface area (Å²) in [7, 11) is 3.18. The minimum absolute atomic E-state index is 0.197. The molecule has 7 heteroatoms. The monoisotopic (exact) mass is 421 g/mol. The molecular weight excluding hydrogens is 402 g/mol. The van der Waals surface area contributed by atoms with Gasteiger partial charge in [-0.3, -0.25) is 4.79 Å². The zero-order chi connectivity index (χ0) is 18.5. The predicted octanol–water partition coefficient (Wildman–Crippen LogP) is 2.97. The average molecular weight is 422 g/mol. The number of hydrogen-bond donors (Lipinski definition) is 1. The molecule has 0 radical (unpaired) electrons. The van der Waals surface area contributed by atoms with Gasteiger partial charge >= 0.3 is 0 Å². The Bertz CT molecular complexity index is 795. The first-order valence-electron chi connectivity index (χ1n) is 8.19. The minimum Gasteiger partial charge on any atom is -0.493 e. The summed E-state index contributed by atoms with van der Waals surface area (Å²) in [6.07, 6.45) is -0.0182. The maximum Gasteiger partial charge on any atom is 0.264 e. The van der Waals surface area contributed by atoms with Crippen molar-refractivity contribution in [3.8, 4) is 23.0 Å². The smallest absolute Gasteiger partial charge is 0.264 e. The third kappa shape index (κ3) is 4.04. The number of benzene rings is 2. The number of carbonyl (C=O) groups excluding carboxylic acids is 1. The predicted molar refractivity (Wildman–Crippen MR) is 100 cm³/mol. The molecule has 0 spiro atoms. The molecule has 0 fully saturated rings. The lowest BCUT2D eigenvalue weighted by molar-refractivity contribution is -0.130. The number of carbonyl (C=O) groups is 1. The van der Waals surface area contributed by atoms with Crippen molar-refractivity contribution in [2.75, 3.05) is 27.4 Å². The van der Waals surface area contributed by atoms with Gasteiger partial charge in [0.2, 0.25) is 6.10 Å². The number of amides is 1. The van der Waals surface area contributed by atoms with Crippen molar-refractivity contribution in [2.45, 2.75) is 12.5 Å². The maximum absolute atomic E-state index is 12.3. The summed E-state index contributed by atoms with van der Waals surface area (Å²) < 4.78 is 22.8. The number of para-hydroxylation sites is 2. The van der Waals surface area contributed by atoms with Crippen LogP contribution in [0.25, 0.3) is 0 Å². The van der Waals surface area contributed by atoms with E-state index in [0.29, 0.717) is 36.0 Å². The molecule has 1 amide bonds. The summed E-state index contributed by atoms with van der Waals surface area (Å²) in [5.41, 5.74) is 1.01.